The summed E-state index contributed by atoms with van der Waals surface area (Å²) in [6.45, 7) is 0.714. The van der Waals surface area contributed by atoms with E-state index in [1.807, 2.05) is 6.07 Å². The van der Waals surface area contributed by atoms with E-state index < -0.39 is 5.82 Å². The number of rotatable bonds is 6. The molecule has 156 valence electrons. The van der Waals surface area contributed by atoms with Gasteiger partial charge in [-0.05, 0) is 66.7 Å². The van der Waals surface area contributed by atoms with Crippen molar-refractivity contribution in [2.75, 3.05) is 18.4 Å². The SMILES string of the molecule is O=C(NCCNc1nc(-c2ccc(F)cc2)nc2cc(Cl)ccc12)c1ccc(F)cc1. The number of halogens is 3. The van der Waals surface area contributed by atoms with Gasteiger partial charge in [0.15, 0.2) is 5.82 Å². The molecular weight excluding hydrogens is 422 g/mol. The summed E-state index contributed by atoms with van der Waals surface area (Å²) in [5.74, 6) is -0.0495. The van der Waals surface area contributed by atoms with Gasteiger partial charge in [0.05, 0.1) is 5.52 Å². The van der Waals surface area contributed by atoms with Gasteiger partial charge in [0.25, 0.3) is 5.91 Å². The van der Waals surface area contributed by atoms with Gasteiger partial charge in [-0.2, -0.15) is 0 Å². The molecule has 3 aromatic carbocycles. The molecule has 2 N–H and O–H groups in total. The molecule has 0 bridgehead atoms. The van der Waals surface area contributed by atoms with Crippen molar-refractivity contribution in [3.8, 4) is 11.4 Å². The summed E-state index contributed by atoms with van der Waals surface area (Å²) < 4.78 is 26.3. The molecule has 4 rings (SSSR count). The summed E-state index contributed by atoms with van der Waals surface area (Å²) in [5.41, 5.74) is 1.68. The zero-order valence-corrected chi connectivity index (χ0v) is 17.0. The van der Waals surface area contributed by atoms with Crippen molar-refractivity contribution >= 4 is 34.2 Å². The minimum absolute atomic E-state index is 0.298. The first-order valence-corrected chi connectivity index (χ1v) is 9.88. The Bertz CT molecular complexity index is 1230. The van der Waals surface area contributed by atoms with Crippen LogP contribution >= 0.6 is 11.6 Å². The Morgan fingerprint density at radius 2 is 1.55 bits per heavy atom. The minimum atomic E-state index is -0.397. The number of nitrogens with zero attached hydrogens (tertiary/aromatic N) is 2. The molecule has 1 aromatic heterocycles. The van der Waals surface area contributed by atoms with Crippen molar-refractivity contribution in [2.45, 2.75) is 0 Å². The third-order valence-corrected chi connectivity index (χ3v) is 4.81. The number of amides is 1. The quantitative estimate of drug-likeness (QED) is 0.412. The highest BCUT2D eigenvalue weighted by molar-refractivity contribution is 6.31. The molecule has 0 aliphatic heterocycles. The van der Waals surface area contributed by atoms with E-state index >= 15 is 0 Å². The zero-order chi connectivity index (χ0) is 21.8. The normalized spacial score (nSPS) is 10.8. The van der Waals surface area contributed by atoms with Crippen LogP contribution < -0.4 is 10.6 Å². The van der Waals surface area contributed by atoms with Crippen LogP contribution in [-0.4, -0.2) is 29.0 Å². The second kappa shape index (κ2) is 9.06. The van der Waals surface area contributed by atoms with Gasteiger partial charge in [0.2, 0.25) is 0 Å². The Kier molecular flexibility index (Phi) is 6.04. The Labute approximate surface area is 182 Å². The molecule has 0 atom stereocenters. The van der Waals surface area contributed by atoms with Crippen LogP contribution in [0, 0.1) is 11.6 Å². The predicted molar refractivity (Wildman–Crippen MR) is 117 cm³/mol. The summed E-state index contributed by atoms with van der Waals surface area (Å²) in [6.07, 6.45) is 0. The summed E-state index contributed by atoms with van der Waals surface area (Å²) in [4.78, 5) is 21.3. The second-order valence-electron chi connectivity index (χ2n) is 6.75. The average molecular weight is 439 g/mol. The maximum atomic E-state index is 13.3. The van der Waals surface area contributed by atoms with Crippen LogP contribution in [0.5, 0.6) is 0 Å². The van der Waals surface area contributed by atoms with Crippen molar-refractivity contribution in [2.24, 2.45) is 0 Å². The second-order valence-corrected chi connectivity index (χ2v) is 7.19. The Balaban J connectivity index is 1.51. The van der Waals surface area contributed by atoms with Crippen LogP contribution in [0.2, 0.25) is 5.02 Å². The highest BCUT2D eigenvalue weighted by Gasteiger charge is 2.11. The molecule has 0 aliphatic carbocycles. The smallest absolute Gasteiger partial charge is 0.251 e. The molecule has 1 heterocycles. The van der Waals surface area contributed by atoms with Crippen LogP contribution in [0.1, 0.15) is 10.4 Å². The van der Waals surface area contributed by atoms with E-state index in [0.29, 0.717) is 46.4 Å². The van der Waals surface area contributed by atoms with Crippen LogP contribution in [0.25, 0.3) is 22.3 Å². The maximum absolute atomic E-state index is 13.3. The van der Waals surface area contributed by atoms with Crippen molar-refractivity contribution in [1.82, 2.24) is 15.3 Å². The number of aromatic nitrogens is 2. The summed E-state index contributed by atoms with van der Waals surface area (Å²) in [5, 5.41) is 7.27. The predicted octanol–water partition coefficient (Wildman–Crippen LogP) is 5.07. The van der Waals surface area contributed by atoms with Crippen molar-refractivity contribution < 1.29 is 13.6 Å². The van der Waals surface area contributed by atoms with Crippen LogP contribution in [0.4, 0.5) is 14.6 Å². The fraction of sp³-hybridized carbons (Fsp3) is 0.0870. The standard InChI is InChI=1S/C23H17ClF2N4O/c24-16-5-10-19-20(13-16)29-21(14-1-6-17(25)7-2-14)30-22(19)27-11-12-28-23(31)15-3-8-18(26)9-4-15/h1-10,13H,11-12H2,(H,28,31)(H,27,29,30). The average Bonchev–Trinajstić information content (AvgIpc) is 2.77. The maximum Gasteiger partial charge on any atom is 0.251 e. The molecule has 8 heteroatoms. The summed E-state index contributed by atoms with van der Waals surface area (Å²) in [6, 6.07) is 16.5. The molecule has 0 fully saturated rings. The first kappa shape index (κ1) is 20.7. The van der Waals surface area contributed by atoms with Gasteiger partial charge in [0, 0.05) is 34.6 Å². The number of anilines is 1. The zero-order valence-electron chi connectivity index (χ0n) is 16.2. The highest BCUT2D eigenvalue weighted by Crippen LogP contribution is 2.27. The van der Waals surface area contributed by atoms with E-state index in [1.54, 1.807) is 24.3 Å². The third kappa shape index (κ3) is 4.95. The molecule has 1 amide bonds. The third-order valence-electron chi connectivity index (χ3n) is 4.57. The molecule has 0 spiro atoms. The Hall–Kier alpha value is -3.58. The van der Waals surface area contributed by atoms with E-state index in [1.165, 1.54) is 36.4 Å². The van der Waals surface area contributed by atoms with E-state index in [2.05, 4.69) is 20.6 Å². The van der Waals surface area contributed by atoms with E-state index in [4.69, 9.17) is 11.6 Å². The van der Waals surface area contributed by atoms with E-state index in [9.17, 15) is 13.6 Å². The van der Waals surface area contributed by atoms with Crippen LogP contribution in [0.15, 0.2) is 66.7 Å². The lowest BCUT2D eigenvalue weighted by molar-refractivity contribution is 0.0955. The molecule has 5 nitrogen and oxygen atoms in total. The molecule has 0 unspecified atom stereocenters. The van der Waals surface area contributed by atoms with Gasteiger partial charge in [-0.25, -0.2) is 18.7 Å². The van der Waals surface area contributed by atoms with Gasteiger partial charge in [0.1, 0.15) is 17.5 Å². The number of hydrogen-bond donors (Lipinski definition) is 2. The minimum Gasteiger partial charge on any atom is -0.368 e. The fourth-order valence-electron chi connectivity index (χ4n) is 3.03. The monoisotopic (exact) mass is 438 g/mol. The first-order valence-electron chi connectivity index (χ1n) is 9.50. The molecule has 0 saturated heterocycles. The highest BCUT2D eigenvalue weighted by atomic mass is 35.5. The fourth-order valence-corrected chi connectivity index (χ4v) is 3.19. The van der Waals surface area contributed by atoms with Gasteiger partial charge in [-0.3, -0.25) is 4.79 Å². The van der Waals surface area contributed by atoms with E-state index in [-0.39, 0.29) is 11.7 Å². The number of hydrogen-bond acceptors (Lipinski definition) is 4. The molecule has 0 aliphatic rings. The molecule has 0 saturated carbocycles. The lowest BCUT2D eigenvalue weighted by Crippen LogP contribution is -2.29. The molecule has 31 heavy (non-hydrogen) atoms. The molecule has 4 aromatic rings. The lowest BCUT2D eigenvalue weighted by Gasteiger charge is -2.12. The number of carbonyl (C=O) groups is 1. The molecular formula is C23H17ClF2N4O. The van der Waals surface area contributed by atoms with Gasteiger partial charge in [-0.1, -0.05) is 11.6 Å². The van der Waals surface area contributed by atoms with Crippen molar-refractivity contribution in [3.63, 3.8) is 0 Å². The van der Waals surface area contributed by atoms with Crippen molar-refractivity contribution in [1.29, 1.82) is 0 Å². The first-order chi connectivity index (χ1) is 15.0. The van der Waals surface area contributed by atoms with Crippen LogP contribution in [0.3, 0.4) is 0 Å². The summed E-state index contributed by atoms with van der Waals surface area (Å²) >= 11 is 6.12. The van der Waals surface area contributed by atoms with Gasteiger partial charge >= 0.3 is 0 Å². The Morgan fingerprint density at radius 1 is 0.871 bits per heavy atom. The van der Waals surface area contributed by atoms with Crippen molar-refractivity contribution in [3.05, 3.63) is 89.0 Å². The number of carbonyl (C=O) groups excluding carboxylic acids is 1. The number of fused-ring (bicyclic) bond motifs is 1. The molecule has 0 radical (unpaired) electrons. The lowest BCUT2D eigenvalue weighted by atomic mass is 10.1. The largest absolute Gasteiger partial charge is 0.368 e. The van der Waals surface area contributed by atoms with Gasteiger partial charge < -0.3 is 10.6 Å². The number of benzene rings is 3. The van der Waals surface area contributed by atoms with E-state index in [0.717, 1.165) is 5.39 Å². The topological polar surface area (TPSA) is 66.9 Å². The summed E-state index contributed by atoms with van der Waals surface area (Å²) in [7, 11) is 0. The number of nitrogens with one attached hydrogen (secondary N) is 2. The van der Waals surface area contributed by atoms with Crippen LogP contribution in [-0.2, 0) is 0 Å². The Morgan fingerprint density at radius 3 is 2.26 bits per heavy atom. The van der Waals surface area contributed by atoms with Gasteiger partial charge in [-0.15, -0.1) is 0 Å².